The maximum atomic E-state index is 13.6. The van der Waals surface area contributed by atoms with Gasteiger partial charge < -0.3 is 4.90 Å². The highest BCUT2D eigenvalue weighted by atomic mass is 19.1. The van der Waals surface area contributed by atoms with Crippen LogP contribution in [0.2, 0.25) is 0 Å². The summed E-state index contributed by atoms with van der Waals surface area (Å²) in [5.41, 5.74) is -0.401. The van der Waals surface area contributed by atoms with Gasteiger partial charge in [-0.3, -0.25) is 14.9 Å². The van der Waals surface area contributed by atoms with Crippen LogP contribution in [0.3, 0.4) is 0 Å². The average molecular weight is 278 g/mol. The lowest BCUT2D eigenvalue weighted by Gasteiger charge is -2.22. The predicted octanol–water partition coefficient (Wildman–Crippen LogP) is 2.75. The molecule has 1 amide bonds. The van der Waals surface area contributed by atoms with Crippen LogP contribution in [0.1, 0.15) is 36.0 Å². The van der Waals surface area contributed by atoms with Gasteiger partial charge in [-0.05, 0) is 43.7 Å². The van der Waals surface area contributed by atoms with Crippen molar-refractivity contribution >= 4 is 11.6 Å². The van der Waals surface area contributed by atoms with Gasteiger partial charge in [-0.2, -0.15) is 4.39 Å². The molecule has 1 aromatic rings. The van der Waals surface area contributed by atoms with Crippen LogP contribution in [0.15, 0.2) is 18.2 Å². The number of carbonyl (C=O) groups is 1. The topological polar surface area (TPSA) is 63.4 Å². The van der Waals surface area contributed by atoms with Crippen molar-refractivity contribution < 1.29 is 14.1 Å². The molecule has 20 heavy (non-hydrogen) atoms. The fraction of sp³-hybridized carbons (Fsp3) is 0.500. The Morgan fingerprint density at radius 3 is 2.55 bits per heavy atom. The van der Waals surface area contributed by atoms with Gasteiger partial charge in [0.2, 0.25) is 5.82 Å². The minimum atomic E-state index is -0.956. The smallest absolute Gasteiger partial charge is 0.304 e. The van der Waals surface area contributed by atoms with E-state index in [1.165, 1.54) is 6.07 Å². The Morgan fingerprint density at radius 2 is 2.05 bits per heavy atom. The quantitative estimate of drug-likeness (QED) is 0.614. The number of carbonyl (C=O) groups excluding carboxylic acids is 1. The monoisotopic (exact) mass is 278 g/mol. The van der Waals surface area contributed by atoms with E-state index in [2.05, 4.69) is 0 Å². The van der Waals surface area contributed by atoms with Crippen molar-refractivity contribution in [2.24, 2.45) is 5.92 Å². The molecular formula is C14H15FN2O3. The molecule has 6 heteroatoms. The second-order valence-electron chi connectivity index (χ2n) is 5.56. The molecular weight excluding hydrogens is 263 g/mol. The molecule has 1 aromatic carbocycles. The number of benzene rings is 1. The van der Waals surface area contributed by atoms with Crippen LogP contribution >= 0.6 is 0 Å². The molecule has 0 atom stereocenters. The van der Waals surface area contributed by atoms with Gasteiger partial charge in [-0.25, -0.2) is 0 Å². The van der Waals surface area contributed by atoms with E-state index in [-0.39, 0.29) is 17.5 Å². The maximum Gasteiger partial charge on any atom is 0.304 e. The van der Waals surface area contributed by atoms with Gasteiger partial charge in [0, 0.05) is 24.2 Å². The van der Waals surface area contributed by atoms with Crippen LogP contribution in [-0.2, 0) is 0 Å². The number of hydrogen-bond donors (Lipinski definition) is 0. The van der Waals surface area contributed by atoms with Crippen LogP contribution in [0, 0.1) is 21.8 Å². The normalized spacial score (nSPS) is 17.9. The Labute approximate surface area is 115 Å². The highest BCUT2D eigenvalue weighted by Gasteiger charge is 2.37. The average Bonchev–Trinajstić information content (AvgIpc) is 3.26. The first-order chi connectivity index (χ1) is 9.56. The van der Waals surface area contributed by atoms with Crippen molar-refractivity contribution in [1.82, 2.24) is 4.90 Å². The second kappa shape index (κ2) is 4.85. The SMILES string of the molecule is O=C(c1ccc([N+](=O)[O-])c(F)c1)N(CC1CC1)C1CC1. The molecule has 0 unspecified atom stereocenters. The molecule has 0 aliphatic heterocycles. The fourth-order valence-corrected chi connectivity index (χ4v) is 2.32. The van der Waals surface area contributed by atoms with Crippen molar-refractivity contribution in [3.8, 4) is 0 Å². The first-order valence-electron chi connectivity index (χ1n) is 6.81. The second-order valence-corrected chi connectivity index (χ2v) is 5.56. The number of nitro groups is 1. The highest BCUT2D eigenvalue weighted by Crippen LogP contribution is 2.35. The summed E-state index contributed by atoms with van der Waals surface area (Å²) in [5, 5.41) is 10.6. The van der Waals surface area contributed by atoms with Gasteiger partial charge in [0.25, 0.3) is 5.91 Å². The minimum absolute atomic E-state index is 0.195. The van der Waals surface area contributed by atoms with Gasteiger partial charge in [-0.1, -0.05) is 0 Å². The molecule has 2 saturated carbocycles. The lowest BCUT2D eigenvalue weighted by atomic mass is 10.1. The molecule has 2 fully saturated rings. The van der Waals surface area contributed by atoms with E-state index in [1.54, 1.807) is 4.90 Å². The summed E-state index contributed by atoms with van der Waals surface area (Å²) < 4.78 is 13.6. The van der Waals surface area contributed by atoms with Gasteiger partial charge in [0.05, 0.1) is 4.92 Å². The molecule has 3 rings (SSSR count). The summed E-state index contributed by atoms with van der Waals surface area (Å²) in [6, 6.07) is 3.64. The Morgan fingerprint density at radius 1 is 1.35 bits per heavy atom. The number of amides is 1. The molecule has 2 aliphatic carbocycles. The molecule has 2 aliphatic rings. The van der Waals surface area contributed by atoms with Crippen molar-refractivity contribution in [3.05, 3.63) is 39.7 Å². The number of nitro benzene ring substituents is 1. The Hall–Kier alpha value is -1.98. The predicted molar refractivity (Wildman–Crippen MR) is 69.8 cm³/mol. The highest BCUT2D eigenvalue weighted by molar-refractivity contribution is 5.95. The van der Waals surface area contributed by atoms with E-state index in [9.17, 15) is 19.3 Å². The summed E-state index contributed by atoms with van der Waals surface area (Å²) in [5.74, 6) is -0.598. The third kappa shape index (κ3) is 2.64. The van der Waals surface area contributed by atoms with Crippen LogP contribution in [-0.4, -0.2) is 28.3 Å². The third-order valence-corrected chi connectivity index (χ3v) is 3.79. The van der Waals surface area contributed by atoms with E-state index >= 15 is 0 Å². The molecule has 0 heterocycles. The van der Waals surface area contributed by atoms with E-state index in [0.717, 1.165) is 44.4 Å². The largest absolute Gasteiger partial charge is 0.335 e. The molecule has 0 radical (unpaired) electrons. The van der Waals surface area contributed by atoms with E-state index in [0.29, 0.717) is 5.92 Å². The maximum absolute atomic E-state index is 13.6. The van der Waals surface area contributed by atoms with Crippen LogP contribution < -0.4 is 0 Å². The van der Waals surface area contributed by atoms with Gasteiger partial charge in [0.15, 0.2) is 0 Å². The molecule has 5 nitrogen and oxygen atoms in total. The molecule has 0 N–H and O–H groups in total. The first-order valence-corrected chi connectivity index (χ1v) is 6.81. The number of nitrogens with zero attached hydrogens (tertiary/aromatic N) is 2. The third-order valence-electron chi connectivity index (χ3n) is 3.79. The minimum Gasteiger partial charge on any atom is -0.335 e. The summed E-state index contributed by atoms with van der Waals surface area (Å²) in [7, 11) is 0. The molecule has 0 aromatic heterocycles. The van der Waals surface area contributed by atoms with Crippen molar-refractivity contribution in [3.63, 3.8) is 0 Å². The zero-order valence-corrected chi connectivity index (χ0v) is 10.9. The van der Waals surface area contributed by atoms with Gasteiger partial charge >= 0.3 is 5.69 Å². The lowest BCUT2D eigenvalue weighted by molar-refractivity contribution is -0.387. The van der Waals surface area contributed by atoms with Crippen molar-refractivity contribution in [1.29, 1.82) is 0 Å². The fourth-order valence-electron chi connectivity index (χ4n) is 2.32. The Balaban J connectivity index is 1.81. The first kappa shape index (κ1) is 13.0. The molecule has 0 bridgehead atoms. The van der Waals surface area contributed by atoms with Gasteiger partial charge in [-0.15, -0.1) is 0 Å². The Bertz CT molecular complexity index is 568. The summed E-state index contributed by atoms with van der Waals surface area (Å²) in [4.78, 5) is 24.0. The van der Waals surface area contributed by atoms with Crippen LogP contribution in [0.4, 0.5) is 10.1 Å². The zero-order chi connectivity index (χ0) is 14.3. The summed E-state index contributed by atoms with van der Waals surface area (Å²) >= 11 is 0. The number of halogens is 1. The van der Waals surface area contributed by atoms with Crippen LogP contribution in [0.5, 0.6) is 0 Å². The lowest BCUT2D eigenvalue weighted by Crippen LogP contribution is -2.35. The summed E-state index contributed by atoms with van der Waals surface area (Å²) in [6.07, 6.45) is 4.28. The summed E-state index contributed by atoms with van der Waals surface area (Å²) in [6.45, 7) is 0.724. The molecule has 106 valence electrons. The van der Waals surface area contributed by atoms with E-state index < -0.39 is 16.4 Å². The zero-order valence-electron chi connectivity index (χ0n) is 10.9. The van der Waals surface area contributed by atoms with E-state index in [4.69, 9.17) is 0 Å². The standard InChI is InChI=1S/C14H15FN2O3/c15-12-7-10(3-6-13(12)17(19)20)14(18)16(11-4-5-11)8-9-1-2-9/h3,6-7,9,11H,1-2,4-5,8H2. The number of hydrogen-bond acceptors (Lipinski definition) is 3. The van der Waals surface area contributed by atoms with E-state index in [1.807, 2.05) is 0 Å². The van der Waals surface area contributed by atoms with Crippen LogP contribution in [0.25, 0.3) is 0 Å². The van der Waals surface area contributed by atoms with Crippen molar-refractivity contribution in [2.75, 3.05) is 6.54 Å². The molecule has 0 spiro atoms. The number of rotatable bonds is 5. The van der Waals surface area contributed by atoms with Crippen molar-refractivity contribution in [2.45, 2.75) is 31.7 Å². The molecule has 0 saturated heterocycles. The van der Waals surface area contributed by atoms with Gasteiger partial charge in [0.1, 0.15) is 0 Å². The Kier molecular flexibility index (Phi) is 3.16.